The van der Waals surface area contributed by atoms with Gasteiger partial charge in [0, 0.05) is 46.4 Å². The van der Waals surface area contributed by atoms with E-state index in [1.165, 1.54) is 66.7 Å². The summed E-state index contributed by atoms with van der Waals surface area (Å²) in [5.41, 5.74) is 1.64. The molecular formula is C87H129ClN8O26P2S4. The topological polar surface area (TPSA) is 451 Å². The van der Waals surface area contributed by atoms with Gasteiger partial charge in [0.25, 0.3) is 0 Å². The average Bonchev–Trinajstić information content (AvgIpc) is 1.80. The number of rotatable bonds is 47. The number of benzene rings is 4. The zero-order valence-corrected chi connectivity index (χ0v) is 79.9. The van der Waals surface area contributed by atoms with E-state index in [-0.39, 0.29) is 130 Å². The number of carbonyl (C=O) groups excluding carboxylic acids is 5. The Hall–Kier alpha value is -7.40. The van der Waals surface area contributed by atoms with E-state index in [4.69, 9.17) is 61.9 Å². The number of unbranched alkanes of at least 4 members (excludes halogenated alkanes) is 3. The SMILES string of the molecule is CC(C)CN(C[C@@H](O)[C@H](Cc1ccccc1)NC(=O)O[C@H]1CO[C@H]2OCC[C@H]21)S(=O)(=O)c1ccc(OCP(=O)(O)O)cc1.CCCCOC(=O)CC.CCCCOC(=O)[C@H](C)NP(=O)(COc1ccc(S(=O)(=O)N(CC(C)C)C[C@@H](O)[C@H](Cc2ccccc2)NC(=O)O[C@H]2CO[C@H]3OCC[C@H]32)cc1)N[C@@H](C)C(=O)OCCCC.Cl.[HH].c1ccc(SSc2ccccn2)nc1. The van der Waals surface area contributed by atoms with Crippen LogP contribution in [0.1, 0.15) is 140 Å². The lowest BCUT2D eigenvalue weighted by atomic mass is 10.0. The molecule has 34 nitrogen and oxygen atoms in total. The summed E-state index contributed by atoms with van der Waals surface area (Å²) in [5.74, 6) is -1.49. The lowest BCUT2D eigenvalue weighted by molar-refractivity contribution is -0.145. The van der Waals surface area contributed by atoms with E-state index in [0.717, 1.165) is 51.2 Å². The smallest absolute Gasteiger partial charge is 0.407 e. The number of fused-ring (bicyclic) bond motifs is 2. The van der Waals surface area contributed by atoms with Crippen molar-refractivity contribution >= 4 is 99.2 Å². The molecule has 6 heterocycles. The van der Waals surface area contributed by atoms with E-state index in [2.05, 4.69) is 37.7 Å². The van der Waals surface area contributed by atoms with Crippen molar-refractivity contribution in [3.05, 3.63) is 169 Å². The minimum atomic E-state index is -4.41. The molecule has 4 saturated heterocycles. The number of aromatic nitrogens is 2. The van der Waals surface area contributed by atoms with Crippen LogP contribution in [0.25, 0.3) is 0 Å². The number of nitrogens with zero attached hydrogens (tertiary/aromatic N) is 4. The van der Waals surface area contributed by atoms with Crippen LogP contribution < -0.4 is 30.3 Å². The average molecular weight is 1930 g/mol. The second-order valence-corrected chi connectivity index (χ2v) is 41.3. The molecule has 4 aliphatic heterocycles. The fraction of sp³-hybridized carbons (Fsp3) is 0.552. The second-order valence-electron chi connectivity index (χ2n) is 31.5. The summed E-state index contributed by atoms with van der Waals surface area (Å²) in [5, 5.41) is 36.1. The van der Waals surface area contributed by atoms with Gasteiger partial charge >= 0.3 is 37.7 Å². The number of aliphatic hydroxyl groups excluding tert-OH is 2. The van der Waals surface area contributed by atoms with Gasteiger partial charge in [0.05, 0.1) is 92.2 Å². The van der Waals surface area contributed by atoms with Crippen LogP contribution in [0.5, 0.6) is 11.5 Å². The van der Waals surface area contributed by atoms with E-state index in [0.29, 0.717) is 51.9 Å². The van der Waals surface area contributed by atoms with Crippen molar-refractivity contribution < 1.29 is 123 Å². The van der Waals surface area contributed by atoms with Crippen molar-refractivity contribution in [3.8, 4) is 11.5 Å². The van der Waals surface area contributed by atoms with Gasteiger partial charge in [-0.25, -0.2) is 46.6 Å². The molecule has 0 radical (unpaired) electrons. The Labute approximate surface area is 767 Å². The van der Waals surface area contributed by atoms with E-state index < -0.39 is 133 Å². The molecule has 2 aromatic heterocycles. The van der Waals surface area contributed by atoms with E-state index in [1.807, 2.05) is 139 Å². The molecule has 128 heavy (non-hydrogen) atoms. The monoisotopic (exact) mass is 1930 g/mol. The molecule has 12 atom stereocenters. The number of esters is 3. The highest BCUT2D eigenvalue weighted by Gasteiger charge is 2.46. The summed E-state index contributed by atoms with van der Waals surface area (Å²) in [6.07, 6.45) is 3.55. The third-order valence-electron chi connectivity index (χ3n) is 19.8. The first kappa shape index (κ1) is 109. The summed E-state index contributed by atoms with van der Waals surface area (Å²) in [6.45, 7) is 20.0. The molecule has 6 aromatic rings. The molecule has 8 N–H and O–H groups in total. The van der Waals surface area contributed by atoms with E-state index in [9.17, 15) is 60.2 Å². The zero-order valence-electron chi connectivity index (χ0n) is 74.1. The summed E-state index contributed by atoms with van der Waals surface area (Å²) >= 11 is 0. The fourth-order valence-electron chi connectivity index (χ4n) is 13.1. The molecule has 2 amide bonds. The highest BCUT2D eigenvalue weighted by molar-refractivity contribution is 8.76. The molecule has 10 rings (SSSR count). The number of hydrogen-bond acceptors (Lipinski definition) is 28. The van der Waals surface area contributed by atoms with Gasteiger partial charge in [-0.15, -0.1) is 12.4 Å². The number of aliphatic hydroxyl groups is 2. The van der Waals surface area contributed by atoms with Crippen molar-refractivity contribution in [2.75, 3.05) is 85.1 Å². The largest absolute Gasteiger partial charge is 0.483 e. The van der Waals surface area contributed by atoms with E-state index in [1.54, 1.807) is 40.9 Å². The highest BCUT2D eigenvalue weighted by atomic mass is 35.5. The van der Waals surface area contributed by atoms with Crippen molar-refractivity contribution in [1.82, 2.24) is 39.4 Å². The Morgan fingerprint density at radius 2 is 0.891 bits per heavy atom. The minimum absolute atomic E-state index is 0. The molecule has 4 aliphatic rings. The molecule has 0 spiro atoms. The van der Waals surface area contributed by atoms with Crippen LogP contribution >= 0.6 is 49.0 Å². The second kappa shape index (κ2) is 56.5. The first-order valence-electron chi connectivity index (χ1n) is 42.8. The van der Waals surface area contributed by atoms with Gasteiger partial charge in [-0.2, -0.15) is 8.61 Å². The van der Waals surface area contributed by atoms with Crippen LogP contribution in [0, 0.1) is 23.7 Å². The number of sulfonamides is 2. The summed E-state index contributed by atoms with van der Waals surface area (Å²) in [4.78, 5) is 88.3. The van der Waals surface area contributed by atoms with Crippen molar-refractivity contribution in [2.24, 2.45) is 23.7 Å². The lowest BCUT2D eigenvalue weighted by Gasteiger charge is -2.31. The number of nitrogens with one attached hydrogen (secondary N) is 4. The van der Waals surface area contributed by atoms with Crippen LogP contribution in [0.2, 0.25) is 0 Å². The molecule has 0 saturated carbocycles. The molecule has 0 bridgehead atoms. The van der Waals surface area contributed by atoms with Crippen LogP contribution in [0.15, 0.2) is 178 Å². The third kappa shape index (κ3) is 38.4. The van der Waals surface area contributed by atoms with Gasteiger partial charge in [0.15, 0.2) is 25.3 Å². The minimum Gasteiger partial charge on any atom is -0.483 e. The predicted octanol–water partition coefficient (Wildman–Crippen LogP) is 13.0. The summed E-state index contributed by atoms with van der Waals surface area (Å²) in [7, 11) is -13.4. The number of carbonyl (C=O) groups is 5. The number of pyridine rings is 2. The maximum atomic E-state index is 14.2. The first-order chi connectivity index (χ1) is 60.6. The number of alkyl carbamates (subject to hydrolysis) is 2. The number of hydrogen-bond donors (Lipinski definition) is 8. The quantitative estimate of drug-likeness (QED) is 0.00578. The molecular weight excluding hydrogens is 1800 g/mol. The fourth-order valence-corrected chi connectivity index (χ4v) is 20.5. The third-order valence-corrected chi connectivity index (χ3v) is 28.2. The Morgan fingerprint density at radius 1 is 0.516 bits per heavy atom. The molecule has 0 unspecified atom stereocenters. The van der Waals surface area contributed by atoms with Crippen molar-refractivity contribution in [1.29, 1.82) is 0 Å². The lowest BCUT2D eigenvalue weighted by Crippen LogP contribution is -2.51. The zero-order chi connectivity index (χ0) is 92.5. The molecule has 41 heteroatoms. The number of halogens is 1. The highest BCUT2D eigenvalue weighted by Crippen LogP contribution is 2.41. The van der Waals surface area contributed by atoms with Crippen molar-refractivity contribution in [2.45, 2.75) is 221 Å². The van der Waals surface area contributed by atoms with Gasteiger partial charge in [0.2, 0.25) is 27.5 Å². The summed E-state index contributed by atoms with van der Waals surface area (Å²) < 4.78 is 143. The number of ether oxygens (including phenoxy) is 11. The predicted molar refractivity (Wildman–Crippen MR) is 488 cm³/mol. The normalized spacial score (nSPS) is 18.5. The molecule has 0 aliphatic carbocycles. The van der Waals surface area contributed by atoms with Crippen molar-refractivity contribution in [3.63, 3.8) is 0 Å². The standard InChI is InChI=1S/C42H65N4O13PS.C28H39N2O11PS.C10H8N2S2.C7H14O2.ClH.H2/c1-7-9-21-54-39(48)30(5)44-60(51,45-31(6)40(49)55-22-10-8-2)28-58-33-16-18-34(19-17-33)61(52,53)46(25-29(3)4)26-37(47)36(24-32-14-12-11-13-15-32)43-42(50)59-38-27-57-41-35(38)20-23-56-41;1-19(2)15-30(43(36,37)22-10-8-21(9-11-22)40-18-42(33,34)35)16-25(31)24(14-20-6-4-3-5-7-20)29-28(32)41-26-17-39-27-23(26)12-13-38-27;1-3-7-11-9(5-1)13-14-10-6-2-4-8-12-10;1-3-5-6-9-7(8)4-2;;/h11-19,29-31,35-38,41,47H,7-10,20-28H2,1-6H3,(H,43,50)(H2,44,45,51);3-11,19,23-27,31H,12-18H2,1-2H3,(H,29,32)(H2,33,34,35);1-8H;3-6H2,1-2H3;2*1H/t30-,31-,35-,36-,37+,38-,41+;23-,24-,25+,26-,27+;;;;/m00..../s1. The Morgan fingerprint density at radius 3 is 1.24 bits per heavy atom. The Balaban J connectivity index is 0.000000371. The first-order valence-corrected chi connectivity index (χ1v) is 51.5. The Bertz CT molecular complexity index is 4540. The van der Waals surface area contributed by atoms with Crippen LogP contribution in [0.3, 0.4) is 0 Å². The maximum absolute atomic E-state index is 14.2. The van der Waals surface area contributed by atoms with Crippen LogP contribution in [-0.4, -0.2) is 232 Å². The van der Waals surface area contributed by atoms with Crippen LogP contribution in [-0.2, 0) is 99.0 Å². The maximum Gasteiger partial charge on any atom is 0.407 e. The van der Waals surface area contributed by atoms with Gasteiger partial charge in [-0.3, -0.25) is 23.5 Å². The van der Waals surface area contributed by atoms with Gasteiger partial charge in [0.1, 0.15) is 45.8 Å². The van der Waals surface area contributed by atoms with Gasteiger partial charge < -0.3 is 82.7 Å². The van der Waals surface area contributed by atoms with E-state index >= 15 is 0 Å². The molecule has 4 fully saturated rings. The Kier molecular flexibility index (Phi) is 48.2. The summed E-state index contributed by atoms with van der Waals surface area (Å²) in [6, 6.07) is 36.9. The number of amides is 2. The van der Waals surface area contributed by atoms with Gasteiger partial charge in [-0.1, -0.05) is 147 Å². The molecule has 714 valence electrons. The van der Waals surface area contributed by atoms with Gasteiger partial charge in [-0.05, 0) is 176 Å². The van der Waals surface area contributed by atoms with Crippen LogP contribution in [0.4, 0.5) is 9.59 Å². The molecule has 4 aromatic carbocycles.